The van der Waals surface area contributed by atoms with Crippen LogP contribution in [0.1, 0.15) is 47.0 Å². The van der Waals surface area contributed by atoms with Crippen molar-refractivity contribution in [2.24, 2.45) is 10.4 Å². The molecule has 0 aliphatic carbocycles. The van der Waals surface area contributed by atoms with Gasteiger partial charge in [0, 0.05) is 33.3 Å². The Morgan fingerprint density at radius 2 is 1.74 bits per heavy atom. The van der Waals surface area contributed by atoms with Crippen molar-refractivity contribution < 1.29 is 4.74 Å². The number of halogens is 1. The molecule has 0 spiro atoms. The van der Waals surface area contributed by atoms with Gasteiger partial charge in [-0.1, -0.05) is 27.7 Å². The number of guanidine groups is 1. The summed E-state index contributed by atoms with van der Waals surface area (Å²) in [6, 6.07) is 0.599. The molecule has 0 bridgehead atoms. The highest BCUT2D eigenvalue weighted by atomic mass is 127. The molecule has 1 saturated heterocycles. The third-order valence-electron chi connectivity index (χ3n) is 4.56. The molecular formula is C17H37IN4O. The maximum absolute atomic E-state index is 5.58. The quantitative estimate of drug-likeness (QED) is 0.363. The lowest BCUT2D eigenvalue weighted by Crippen LogP contribution is -2.49. The second-order valence-corrected chi connectivity index (χ2v) is 7.23. The Morgan fingerprint density at radius 3 is 2.17 bits per heavy atom. The van der Waals surface area contributed by atoms with E-state index in [-0.39, 0.29) is 35.5 Å². The van der Waals surface area contributed by atoms with Crippen LogP contribution in [-0.2, 0) is 4.74 Å². The van der Waals surface area contributed by atoms with Gasteiger partial charge in [0.05, 0.1) is 6.10 Å². The van der Waals surface area contributed by atoms with E-state index in [1.54, 1.807) is 7.11 Å². The lowest BCUT2D eigenvalue weighted by molar-refractivity contribution is 0.0205. The standard InChI is InChI=1S/C17H36N4O.HI/c1-7-14(21-10-8-9-11-21)12-19-16(18-5)20-13-15(22-6)17(2,3)4;/h14-15H,7-13H2,1-6H3,(H2,18,19,20);1H. The van der Waals surface area contributed by atoms with Crippen LogP contribution in [-0.4, -0.2) is 63.3 Å². The number of nitrogens with zero attached hydrogens (tertiary/aromatic N) is 2. The predicted molar refractivity (Wildman–Crippen MR) is 110 cm³/mol. The SMILES string of the molecule is CCC(CNC(=NC)NCC(OC)C(C)(C)C)N1CCCC1.I. The molecule has 1 rings (SSSR count). The minimum Gasteiger partial charge on any atom is -0.379 e. The highest BCUT2D eigenvalue weighted by Gasteiger charge is 2.25. The Kier molecular flexibility index (Phi) is 11.4. The zero-order valence-electron chi connectivity index (χ0n) is 15.8. The Hall–Kier alpha value is -0.0800. The maximum Gasteiger partial charge on any atom is 0.191 e. The van der Waals surface area contributed by atoms with E-state index < -0.39 is 0 Å². The van der Waals surface area contributed by atoms with Crippen LogP contribution in [0.4, 0.5) is 0 Å². The van der Waals surface area contributed by atoms with Crippen molar-refractivity contribution in [3.63, 3.8) is 0 Å². The number of ether oxygens (including phenoxy) is 1. The van der Waals surface area contributed by atoms with Crippen LogP contribution in [0.3, 0.4) is 0 Å². The van der Waals surface area contributed by atoms with Gasteiger partial charge in [-0.25, -0.2) is 0 Å². The summed E-state index contributed by atoms with van der Waals surface area (Å²) in [4.78, 5) is 6.92. The lowest BCUT2D eigenvalue weighted by Gasteiger charge is -2.31. The van der Waals surface area contributed by atoms with E-state index in [9.17, 15) is 0 Å². The highest BCUT2D eigenvalue weighted by molar-refractivity contribution is 14.0. The Bertz CT molecular complexity index is 338. The van der Waals surface area contributed by atoms with Crippen LogP contribution < -0.4 is 10.6 Å². The highest BCUT2D eigenvalue weighted by Crippen LogP contribution is 2.20. The molecule has 6 heteroatoms. The molecule has 23 heavy (non-hydrogen) atoms. The molecule has 0 radical (unpaired) electrons. The Morgan fingerprint density at radius 1 is 1.17 bits per heavy atom. The molecule has 0 aromatic carbocycles. The van der Waals surface area contributed by atoms with Gasteiger partial charge in [0.25, 0.3) is 0 Å². The van der Waals surface area contributed by atoms with E-state index in [4.69, 9.17) is 4.74 Å². The maximum atomic E-state index is 5.58. The van der Waals surface area contributed by atoms with Gasteiger partial charge in [0.2, 0.25) is 0 Å². The Labute approximate surface area is 160 Å². The summed E-state index contributed by atoms with van der Waals surface area (Å²) in [6.07, 6.45) is 4.01. The van der Waals surface area contributed by atoms with Crippen LogP contribution >= 0.6 is 24.0 Å². The Balaban J connectivity index is 0.00000484. The number of hydrogen-bond donors (Lipinski definition) is 2. The van der Waals surface area contributed by atoms with Gasteiger partial charge in [0.1, 0.15) is 0 Å². The fourth-order valence-electron chi connectivity index (χ4n) is 3.01. The number of nitrogens with one attached hydrogen (secondary N) is 2. The topological polar surface area (TPSA) is 48.9 Å². The van der Waals surface area contributed by atoms with Crippen LogP contribution in [0.25, 0.3) is 0 Å². The van der Waals surface area contributed by atoms with Crippen molar-refractivity contribution in [1.29, 1.82) is 0 Å². The monoisotopic (exact) mass is 440 g/mol. The first kappa shape index (κ1) is 22.9. The van der Waals surface area contributed by atoms with Crippen LogP contribution in [0.15, 0.2) is 4.99 Å². The number of aliphatic imine (C=N–C) groups is 1. The average molecular weight is 440 g/mol. The molecule has 1 aliphatic heterocycles. The molecule has 0 saturated carbocycles. The predicted octanol–water partition coefficient (Wildman–Crippen LogP) is 2.70. The van der Waals surface area contributed by atoms with E-state index in [0.29, 0.717) is 6.04 Å². The van der Waals surface area contributed by atoms with Gasteiger partial charge in [0.15, 0.2) is 5.96 Å². The van der Waals surface area contributed by atoms with Crippen LogP contribution in [0.2, 0.25) is 0 Å². The molecular weight excluding hydrogens is 403 g/mol. The van der Waals surface area contributed by atoms with Gasteiger partial charge >= 0.3 is 0 Å². The van der Waals surface area contributed by atoms with E-state index in [2.05, 4.69) is 48.2 Å². The van der Waals surface area contributed by atoms with Crippen molar-refractivity contribution in [2.45, 2.75) is 59.1 Å². The second-order valence-electron chi connectivity index (χ2n) is 7.23. The van der Waals surface area contributed by atoms with E-state index in [1.165, 1.54) is 32.4 Å². The summed E-state index contributed by atoms with van der Waals surface area (Å²) in [5.74, 6) is 0.865. The summed E-state index contributed by atoms with van der Waals surface area (Å²) >= 11 is 0. The van der Waals surface area contributed by atoms with Gasteiger partial charge in [-0.2, -0.15) is 0 Å². The summed E-state index contributed by atoms with van der Waals surface area (Å²) in [6.45, 7) is 13.0. The number of rotatable bonds is 7. The molecule has 2 N–H and O–H groups in total. The van der Waals surface area contributed by atoms with Gasteiger partial charge in [-0.15, -0.1) is 24.0 Å². The molecule has 1 aliphatic rings. The largest absolute Gasteiger partial charge is 0.379 e. The van der Waals surface area contributed by atoms with Crippen LogP contribution in [0, 0.1) is 5.41 Å². The average Bonchev–Trinajstić information content (AvgIpc) is 2.99. The lowest BCUT2D eigenvalue weighted by atomic mass is 9.89. The fraction of sp³-hybridized carbons (Fsp3) is 0.941. The van der Waals surface area contributed by atoms with Gasteiger partial charge < -0.3 is 15.4 Å². The number of likely N-dealkylation sites (tertiary alicyclic amines) is 1. The van der Waals surface area contributed by atoms with Gasteiger partial charge in [-0.3, -0.25) is 9.89 Å². The first-order valence-electron chi connectivity index (χ1n) is 8.63. The smallest absolute Gasteiger partial charge is 0.191 e. The molecule has 5 nitrogen and oxygen atoms in total. The van der Waals surface area contributed by atoms with Crippen molar-refractivity contribution >= 4 is 29.9 Å². The molecule has 0 aromatic heterocycles. The number of methoxy groups -OCH3 is 1. The molecule has 1 fully saturated rings. The van der Waals surface area contributed by atoms with Crippen molar-refractivity contribution in [3.05, 3.63) is 0 Å². The summed E-state index contributed by atoms with van der Waals surface area (Å²) in [5.41, 5.74) is 0.113. The van der Waals surface area contributed by atoms with E-state index in [0.717, 1.165) is 19.0 Å². The third-order valence-corrected chi connectivity index (χ3v) is 4.56. The van der Waals surface area contributed by atoms with E-state index >= 15 is 0 Å². The van der Waals surface area contributed by atoms with Crippen molar-refractivity contribution in [1.82, 2.24) is 15.5 Å². The summed E-state index contributed by atoms with van der Waals surface area (Å²) in [7, 11) is 3.60. The molecule has 2 atom stereocenters. The minimum absolute atomic E-state index is 0. The second kappa shape index (κ2) is 11.5. The van der Waals surface area contributed by atoms with Gasteiger partial charge in [-0.05, 0) is 37.8 Å². The first-order chi connectivity index (χ1) is 10.4. The fourth-order valence-corrected chi connectivity index (χ4v) is 3.01. The molecule has 1 heterocycles. The zero-order chi connectivity index (χ0) is 16.6. The van der Waals surface area contributed by atoms with Crippen molar-refractivity contribution in [3.8, 4) is 0 Å². The summed E-state index contributed by atoms with van der Waals surface area (Å²) < 4.78 is 5.58. The minimum atomic E-state index is 0. The number of hydrogen-bond acceptors (Lipinski definition) is 3. The molecule has 0 aromatic rings. The molecule has 2 unspecified atom stereocenters. The zero-order valence-corrected chi connectivity index (χ0v) is 18.1. The summed E-state index contributed by atoms with van der Waals surface area (Å²) in [5, 5.41) is 6.86. The van der Waals surface area contributed by atoms with Crippen LogP contribution in [0.5, 0.6) is 0 Å². The van der Waals surface area contributed by atoms with E-state index in [1.807, 2.05) is 7.05 Å². The molecule has 0 amide bonds. The third kappa shape index (κ3) is 8.03. The molecule has 138 valence electrons. The first-order valence-corrected chi connectivity index (χ1v) is 8.63. The normalized spacial score (nSPS) is 19.1. The van der Waals surface area contributed by atoms with Crippen molar-refractivity contribution in [2.75, 3.05) is 40.3 Å².